The highest BCUT2D eigenvalue weighted by Gasteiger charge is 2.51. The first-order valence-electron chi connectivity index (χ1n) is 15.2. The quantitative estimate of drug-likeness (QED) is 0.201. The van der Waals surface area contributed by atoms with Gasteiger partial charge in [0.1, 0.15) is 5.75 Å². The first-order valence-corrected chi connectivity index (χ1v) is 16.6. The summed E-state index contributed by atoms with van der Waals surface area (Å²) in [6, 6.07) is 41.8. The van der Waals surface area contributed by atoms with Crippen molar-refractivity contribution in [3.63, 3.8) is 0 Å². The van der Waals surface area contributed by atoms with Gasteiger partial charge in [0.05, 0.1) is 29.4 Å². The molecular formula is C39H32N2O3S. The van der Waals surface area contributed by atoms with Gasteiger partial charge in [-0.05, 0) is 71.6 Å². The lowest BCUT2D eigenvalue weighted by atomic mass is 9.61. The van der Waals surface area contributed by atoms with Crippen molar-refractivity contribution in [2.45, 2.75) is 29.7 Å². The fourth-order valence-electron chi connectivity index (χ4n) is 7.17. The largest absolute Gasteiger partial charge is 0.497 e. The minimum atomic E-state index is -3.97. The molecule has 8 rings (SSSR count). The number of anilines is 1. The number of ether oxygens (including phenoxy) is 1. The van der Waals surface area contributed by atoms with Gasteiger partial charge in [-0.15, -0.1) is 0 Å². The van der Waals surface area contributed by atoms with E-state index in [1.54, 1.807) is 19.2 Å². The van der Waals surface area contributed by atoms with E-state index >= 15 is 0 Å². The van der Waals surface area contributed by atoms with Crippen LogP contribution in [0.2, 0.25) is 0 Å². The Hall–Kier alpha value is -5.07. The Labute approximate surface area is 264 Å². The summed E-state index contributed by atoms with van der Waals surface area (Å²) in [6.45, 7) is 1.96. The number of para-hydroxylation sites is 1. The summed E-state index contributed by atoms with van der Waals surface area (Å²) in [5.41, 5.74) is 9.10. The Morgan fingerprint density at radius 2 is 1.27 bits per heavy atom. The highest BCUT2D eigenvalue weighted by molar-refractivity contribution is 7.93. The summed E-state index contributed by atoms with van der Waals surface area (Å²) in [6.07, 6.45) is 4.19. The number of aryl methyl sites for hydroxylation is 1. The van der Waals surface area contributed by atoms with E-state index in [-0.39, 0.29) is 22.8 Å². The van der Waals surface area contributed by atoms with Crippen molar-refractivity contribution in [1.82, 2.24) is 4.90 Å². The molecule has 3 atom stereocenters. The van der Waals surface area contributed by atoms with Crippen molar-refractivity contribution in [2.24, 2.45) is 0 Å². The Morgan fingerprint density at radius 3 is 1.98 bits per heavy atom. The number of hydrogen-bond donors (Lipinski definition) is 0. The first-order chi connectivity index (χ1) is 22.0. The van der Waals surface area contributed by atoms with Crippen LogP contribution in [0.25, 0.3) is 11.4 Å². The maximum Gasteiger partial charge on any atom is 0.268 e. The number of allylic oxidation sites excluding steroid dienone is 1. The maximum atomic E-state index is 14.6. The zero-order valence-corrected chi connectivity index (χ0v) is 25.9. The number of nitrogens with zero attached hydrogens (tertiary/aromatic N) is 2. The minimum absolute atomic E-state index is 0.137. The van der Waals surface area contributed by atoms with Gasteiger partial charge in [-0.2, -0.15) is 0 Å². The van der Waals surface area contributed by atoms with Crippen LogP contribution in [0.5, 0.6) is 5.75 Å². The summed E-state index contributed by atoms with van der Waals surface area (Å²) < 4.78 is 36.2. The molecule has 3 aliphatic rings. The van der Waals surface area contributed by atoms with Crippen LogP contribution < -0.4 is 9.04 Å². The summed E-state index contributed by atoms with van der Waals surface area (Å²) >= 11 is 0. The third-order valence-electron chi connectivity index (χ3n) is 9.34. The lowest BCUT2D eigenvalue weighted by Crippen LogP contribution is -2.41. The van der Waals surface area contributed by atoms with Gasteiger partial charge in [-0.3, -0.25) is 0 Å². The summed E-state index contributed by atoms with van der Waals surface area (Å²) in [5, 5.41) is 0. The van der Waals surface area contributed by atoms with Crippen LogP contribution in [0.4, 0.5) is 5.69 Å². The third kappa shape index (κ3) is 4.31. The second kappa shape index (κ2) is 10.5. The van der Waals surface area contributed by atoms with Gasteiger partial charge in [0.2, 0.25) is 0 Å². The van der Waals surface area contributed by atoms with Crippen LogP contribution in [0.1, 0.15) is 51.3 Å². The molecule has 0 amide bonds. The van der Waals surface area contributed by atoms with Crippen LogP contribution in [0, 0.1) is 6.92 Å². The van der Waals surface area contributed by atoms with Crippen LogP contribution >= 0.6 is 0 Å². The fraction of sp³-hybridized carbons (Fsp3) is 0.128. The van der Waals surface area contributed by atoms with Crippen molar-refractivity contribution in [3.05, 3.63) is 173 Å². The van der Waals surface area contributed by atoms with E-state index in [4.69, 9.17) is 4.74 Å². The molecule has 5 aromatic rings. The van der Waals surface area contributed by atoms with Gasteiger partial charge in [0.25, 0.3) is 10.0 Å². The molecule has 6 heteroatoms. The minimum Gasteiger partial charge on any atom is -0.497 e. The number of fused-ring (bicyclic) bond motifs is 8. The molecule has 2 heterocycles. The highest BCUT2D eigenvalue weighted by Crippen LogP contribution is 2.63. The van der Waals surface area contributed by atoms with Crippen LogP contribution in [-0.2, 0) is 10.0 Å². The molecule has 2 aliphatic heterocycles. The molecule has 0 aromatic heterocycles. The van der Waals surface area contributed by atoms with Crippen molar-refractivity contribution >= 4 is 27.1 Å². The van der Waals surface area contributed by atoms with Crippen LogP contribution in [0.3, 0.4) is 0 Å². The molecule has 0 N–H and O–H groups in total. The Balaban J connectivity index is 1.43. The summed E-state index contributed by atoms with van der Waals surface area (Å²) in [5.74, 6) is 1.11. The molecule has 45 heavy (non-hydrogen) atoms. The van der Waals surface area contributed by atoms with E-state index in [1.165, 1.54) is 15.4 Å². The summed E-state index contributed by atoms with van der Waals surface area (Å²) in [7, 11) is -2.30. The second-order valence-corrected chi connectivity index (χ2v) is 13.6. The number of rotatable bonds is 5. The Bertz CT molecular complexity index is 2090. The highest BCUT2D eigenvalue weighted by atomic mass is 32.2. The lowest BCUT2D eigenvalue weighted by Gasteiger charge is -2.52. The molecule has 0 saturated carbocycles. The number of sulfonamides is 1. The molecule has 5 aromatic carbocycles. The van der Waals surface area contributed by atoms with Gasteiger partial charge in [0, 0.05) is 29.3 Å². The van der Waals surface area contributed by atoms with Crippen molar-refractivity contribution in [3.8, 4) is 5.75 Å². The molecule has 0 bridgehead atoms. The number of benzene rings is 5. The van der Waals surface area contributed by atoms with Crippen LogP contribution in [0.15, 0.2) is 145 Å². The van der Waals surface area contributed by atoms with E-state index < -0.39 is 10.0 Å². The third-order valence-corrected chi connectivity index (χ3v) is 11.0. The number of hydrogen-bond acceptors (Lipinski definition) is 4. The van der Waals surface area contributed by atoms with E-state index in [1.807, 2.05) is 73.8 Å². The smallest absolute Gasteiger partial charge is 0.268 e. The average molecular weight is 609 g/mol. The van der Waals surface area contributed by atoms with E-state index in [0.29, 0.717) is 5.69 Å². The number of methoxy groups -OCH3 is 1. The van der Waals surface area contributed by atoms with Gasteiger partial charge in [-0.25, -0.2) is 12.7 Å². The van der Waals surface area contributed by atoms with E-state index in [2.05, 4.69) is 65.6 Å². The van der Waals surface area contributed by atoms with Crippen molar-refractivity contribution < 1.29 is 13.2 Å². The Morgan fingerprint density at radius 1 is 0.644 bits per heavy atom. The molecule has 5 nitrogen and oxygen atoms in total. The van der Waals surface area contributed by atoms with E-state index in [0.717, 1.165) is 39.4 Å². The molecule has 222 valence electrons. The standard InChI is InChI=1S/C39H32N2O3S/c1-26-16-22-30(23-17-26)45(42,43)40-25-37(27-10-4-3-5-11-27)41-36(28-18-20-29(44-2)21-19-28)24-34-31-12-6-7-13-32(31)38(34)39(41)33-14-8-9-15-35(33)40/h3-25,34,38-39H,1-2H3. The SMILES string of the molecule is COc1ccc(C2=CC3c4ccccc4C3C3c4ccccc4N(S(=O)(=O)c4ccc(C)cc4)C=C(c4ccccc4)N23)cc1. The van der Waals surface area contributed by atoms with Gasteiger partial charge in [-0.1, -0.05) is 96.6 Å². The molecule has 0 fully saturated rings. The second-order valence-electron chi connectivity index (χ2n) is 11.8. The molecular weight excluding hydrogens is 577 g/mol. The molecule has 3 unspecified atom stereocenters. The fourth-order valence-corrected chi connectivity index (χ4v) is 8.54. The van der Waals surface area contributed by atoms with Crippen LogP contribution in [-0.4, -0.2) is 20.4 Å². The zero-order chi connectivity index (χ0) is 30.7. The van der Waals surface area contributed by atoms with E-state index in [9.17, 15) is 8.42 Å². The van der Waals surface area contributed by atoms with Gasteiger partial charge in [0.15, 0.2) is 0 Å². The van der Waals surface area contributed by atoms with Gasteiger partial charge < -0.3 is 9.64 Å². The molecule has 0 saturated heterocycles. The van der Waals surface area contributed by atoms with Crippen molar-refractivity contribution in [1.29, 1.82) is 0 Å². The topological polar surface area (TPSA) is 49.9 Å². The van der Waals surface area contributed by atoms with Crippen molar-refractivity contribution in [2.75, 3.05) is 11.4 Å². The molecule has 1 aliphatic carbocycles. The Kier molecular flexibility index (Phi) is 6.43. The lowest BCUT2D eigenvalue weighted by molar-refractivity contribution is 0.286. The first kappa shape index (κ1) is 27.5. The molecule has 0 radical (unpaired) electrons. The normalized spacial score (nSPS) is 19.9. The monoisotopic (exact) mass is 608 g/mol. The zero-order valence-electron chi connectivity index (χ0n) is 25.0. The molecule has 0 spiro atoms. The summed E-state index contributed by atoms with van der Waals surface area (Å²) in [4.78, 5) is 2.63. The predicted octanol–water partition coefficient (Wildman–Crippen LogP) is 8.49. The maximum absolute atomic E-state index is 14.6. The average Bonchev–Trinajstić information content (AvgIpc) is 3.22. The predicted molar refractivity (Wildman–Crippen MR) is 179 cm³/mol. The van der Waals surface area contributed by atoms with Gasteiger partial charge >= 0.3 is 0 Å².